The number of hydrogen-bond acceptors (Lipinski definition) is 4. The molecule has 0 unspecified atom stereocenters. The van der Waals surface area contributed by atoms with Crippen LogP contribution >= 0.6 is 11.3 Å². The maximum absolute atomic E-state index is 8.85. The lowest BCUT2D eigenvalue weighted by Gasteiger charge is -2.05. The van der Waals surface area contributed by atoms with Crippen molar-refractivity contribution in [1.82, 2.24) is 4.98 Å². The van der Waals surface area contributed by atoms with E-state index in [2.05, 4.69) is 4.98 Å². The van der Waals surface area contributed by atoms with Gasteiger partial charge in [0.15, 0.2) is 0 Å². The largest absolute Gasteiger partial charge is 0.496 e. The molecule has 0 bridgehead atoms. The monoisotopic (exact) mass is 249 g/mol. The van der Waals surface area contributed by atoms with Crippen molar-refractivity contribution in [2.45, 2.75) is 12.8 Å². The van der Waals surface area contributed by atoms with Crippen LogP contribution < -0.4 is 4.74 Å². The molecule has 1 aromatic heterocycles. The maximum atomic E-state index is 8.85. The second kappa shape index (κ2) is 5.80. The lowest BCUT2D eigenvalue weighted by Crippen LogP contribution is -1.94. The molecule has 1 aromatic carbocycles. The van der Waals surface area contributed by atoms with E-state index in [0.29, 0.717) is 6.42 Å². The number of para-hydroxylation sites is 1. The van der Waals surface area contributed by atoms with E-state index < -0.39 is 0 Å². The molecule has 0 aliphatic heterocycles. The Hall–Kier alpha value is -1.39. The number of methoxy groups -OCH3 is 1. The SMILES string of the molecule is COc1ccccc1Cc1nc(CCO)cs1. The fourth-order valence-electron chi connectivity index (χ4n) is 1.67. The molecule has 1 N–H and O–H groups in total. The molecule has 0 spiro atoms. The summed E-state index contributed by atoms with van der Waals surface area (Å²) < 4.78 is 5.31. The number of rotatable bonds is 5. The van der Waals surface area contributed by atoms with Gasteiger partial charge in [0.1, 0.15) is 5.75 Å². The predicted molar refractivity (Wildman–Crippen MR) is 68.7 cm³/mol. The van der Waals surface area contributed by atoms with Gasteiger partial charge in [0.2, 0.25) is 0 Å². The minimum absolute atomic E-state index is 0.151. The molecule has 4 heteroatoms. The predicted octanol–water partition coefficient (Wildman–Crippen LogP) is 2.28. The van der Waals surface area contributed by atoms with Crippen LogP contribution in [0.4, 0.5) is 0 Å². The maximum Gasteiger partial charge on any atom is 0.122 e. The Morgan fingerprint density at radius 1 is 1.35 bits per heavy atom. The van der Waals surface area contributed by atoms with Crippen LogP contribution in [0.25, 0.3) is 0 Å². The summed E-state index contributed by atoms with van der Waals surface area (Å²) in [7, 11) is 1.68. The summed E-state index contributed by atoms with van der Waals surface area (Å²) in [5.74, 6) is 0.895. The van der Waals surface area contributed by atoms with Crippen molar-refractivity contribution >= 4 is 11.3 Å². The van der Waals surface area contributed by atoms with Gasteiger partial charge in [-0.2, -0.15) is 0 Å². The van der Waals surface area contributed by atoms with Gasteiger partial charge in [0, 0.05) is 30.4 Å². The summed E-state index contributed by atoms with van der Waals surface area (Å²) in [6.45, 7) is 0.151. The molecule has 90 valence electrons. The van der Waals surface area contributed by atoms with Gasteiger partial charge in [0.25, 0.3) is 0 Å². The normalized spacial score (nSPS) is 10.5. The molecule has 3 nitrogen and oxygen atoms in total. The average Bonchev–Trinajstić information content (AvgIpc) is 2.78. The summed E-state index contributed by atoms with van der Waals surface area (Å²) in [6.07, 6.45) is 1.41. The Kier molecular flexibility index (Phi) is 4.12. The van der Waals surface area contributed by atoms with Crippen LogP contribution in [-0.4, -0.2) is 23.8 Å². The van der Waals surface area contributed by atoms with Crippen molar-refractivity contribution in [2.24, 2.45) is 0 Å². The topological polar surface area (TPSA) is 42.4 Å². The molecule has 2 rings (SSSR count). The van der Waals surface area contributed by atoms with Crippen LogP contribution in [0, 0.1) is 0 Å². The highest BCUT2D eigenvalue weighted by molar-refractivity contribution is 7.09. The van der Waals surface area contributed by atoms with Gasteiger partial charge in [-0.05, 0) is 6.07 Å². The van der Waals surface area contributed by atoms with Gasteiger partial charge in [-0.1, -0.05) is 18.2 Å². The first-order valence-electron chi connectivity index (χ1n) is 5.49. The van der Waals surface area contributed by atoms with Crippen molar-refractivity contribution in [2.75, 3.05) is 13.7 Å². The van der Waals surface area contributed by atoms with Crippen molar-refractivity contribution < 1.29 is 9.84 Å². The summed E-state index contributed by atoms with van der Waals surface area (Å²) in [6, 6.07) is 7.96. The van der Waals surface area contributed by atoms with Crippen molar-refractivity contribution in [3.05, 3.63) is 45.9 Å². The van der Waals surface area contributed by atoms with Gasteiger partial charge in [-0.15, -0.1) is 11.3 Å². The van der Waals surface area contributed by atoms with E-state index in [4.69, 9.17) is 9.84 Å². The van der Waals surface area contributed by atoms with Crippen LogP contribution in [0.2, 0.25) is 0 Å². The average molecular weight is 249 g/mol. The van der Waals surface area contributed by atoms with E-state index in [0.717, 1.165) is 28.4 Å². The third-order valence-electron chi connectivity index (χ3n) is 2.50. The zero-order valence-electron chi connectivity index (χ0n) is 9.72. The lowest BCUT2D eigenvalue weighted by molar-refractivity contribution is 0.298. The van der Waals surface area contributed by atoms with Gasteiger partial charge >= 0.3 is 0 Å². The summed E-state index contributed by atoms with van der Waals surface area (Å²) in [4.78, 5) is 4.47. The highest BCUT2D eigenvalue weighted by Crippen LogP contribution is 2.22. The first kappa shape index (κ1) is 12.1. The first-order valence-corrected chi connectivity index (χ1v) is 6.37. The highest BCUT2D eigenvalue weighted by Gasteiger charge is 2.06. The molecule has 17 heavy (non-hydrogen) atoms. The molecule has 0 aliphatic rings. The Morgan fingerprint density at radius 3 is 2.94 bits per heavy atom. The van der Waals surface area contributed by atoms with E-state index in [1.54, 1.807) is 18.4 Å². The Morgan fingerprint density at radius 2 is 2.18 bits per heavy atom. The first-order chi connectivity index (χ1) is 8.33. The van der Waals surface area contributed by atoms with E-state index in [9.17, 15) is 0 Å². The zero-order chi connectivity index (χ0) is 12.1. The second-order valence-corrected chi connectivity index (χ2v) is 4.64. The smallest absolute Gasteiger partial charge is 0.122 e. The summed E-state index contributed by atoms with van der Waals surface area (Å²) >= 11 is 1.63. The van der Waals surface area contributed by atoms with Crippen LogP contribution in [0.15, 0.2) is 29.6 Å². The molecule has 0 fully saturated rings. The molecule has 0 saturated heterocycles. The standard InChI is InChI=1S/C13H15NO2S/c1-16-12-5-3-2-4-10(12)8-13-14-11(6-7-15)9-17-13/h2-5,9,15H,6-8H2,1H3. The summed E-state index contributed by atoms with van der Waals surface area (Å²) in [5, 5.41) is 11.9. The number of benzene rings is 1. The van der Waals surface area contributed by atoms with Gasteiger partial charge in [-0.3, -0.25) is 0 Å². The number of aliphatic hydroxyl groups is 1. The van der Waals surface area contributed by atoms with Gasteiger partial charge in [-0.25, -0.2) is 4.98 Å². The number of nitrogens with zero attached hydrogens (tertiary/aromatic N) is 1. The van der Waals surface area contributed by atoms with Crippen LogP contribution in [0.3, 0.4) is 0 Å². The van der Waals surface area contributed by atoms with Crippen molar-refractivity contribution in [3.63, 3.8) is 0 Å². The third-order valence-corrected chi connectivity index (χ3v) is 3.40. The van der Waals surface area contributed by atoms with Crippen LogP contribution in [0.1, 0.15) is 16.3 Å². The number of aromatic nitrogens is 1. The highest BCUT2D eigenvalue weighted by atomic mass is 32.1. The number of ether oxygens (including phenoxy) is 1. The number of thiazole rings is 1. The molecule has 2 aromatic rings. The van der Waals surface area contributed by atoms with E-state index >= 15 is 0 Å². The lowest BCUT2D eigenvalue weighted by atomic mass is 10.1. The van der Waals surface area contributed by atoms with Crippen molar-refractivity contribution in [3.8, 4) is 5.75 Å². The molecule has 0 amide bonds. The van der Waals surface area contributed by atoms with Crippen LogP contribution in [0.5, 0.6) is 5.75 Å². The Balaban J connectivity index is 2.13. The van der Waals surface area contributed by atoms with Crippen LogP contribution in [-0.2, 0) is 12.8 Å². The summed E-state index contributed by atoms with van der Waals surface area (Å²) in [5.41, 5.74) is 2.10. The number of aliphatic hydroxyl groups excluding tert-OH is 1. The van der Waals surface area contributed by atoms with E-state index in [1.165, 1.54) is 0 Å². The third kappa shape index (κ3) is 3.05. The fourth-order valence-corrected chi connectivity index (χ4v) is 2.52. The fraction of sp³-hybridized carbons (Fsp3) is 0.308. The Labute approximate surface area is 105 Å². The number of hydrogen-bond donors (Lipinski definition) is 1. The Bertz CT molecular complexity index is 482. The molecule has 0 radical (unpaired) electrons. The zero-order valence-corrected chi connectivity index (χ0v) is 10.5. The van der Waals surface area contributed by atoms with Gasteiger partial charge in [0.05, 0.1) is 17.8 Å². The molecular weight excluding hydrogens is 234 g/mol. The van der Waals surface area contributed by atoms with Crippen molar-refractivity contribution in [1.29, 1.82) is 0 Å². The molecule has 0 aliphatic carbocycles. The molecule has 1 heterocycles. The van der Waals surface area contributed by atoms with E-state index in [1.807, 2.05) is 29.6 Å². The molecule has 0 atom stereocenters. The molecular formula is C13H15NO2S. The quantitative estimate of drug-likeness (QED) is 0.884. The minimum atomic E-state index is 0.151. The minimum Gasteiger partial charge on any atom is -0.496 e. The second-order valence-electron chi connectivity index (χ2n) is 3.69. The van der Waals surface area contributed by atoms with E-state index in [-0.39, 0.29) is 6.61 Å². The van der Waals surface area contributed by atoms with Gasteiger partial charge < -0.3 is 9.84 Å². The molecule has 0 saturated carbocycles.